The van der Waals surface area contributed by atoms with Crippen molar-refractivity contribution in [2.75, 3.05) is 6.54 Å². The van der Waals surface area contributed by atoms with Crippen LogP contribution in [-0.4, -0.2) is 12.6 Å². The van der Waals surface area contributed by atoms with Crippen LogP contribution in [0.3, 0.4) is 0 Å². The third kappa shape index (κ3) is 4.59. The van der Waals surface area contributed by atoms with Crippen molar-refractivity contribution in [2.24, 2.45) is 5.41 Å². The molecular formula is C18H28FN. The molecule has 1 N–H and O–H groups in total. The number of hydrogen-bond donors (Lipinski definition) is 1. The number of rotatable bonds is 7. The number of halogens is 1. The first-order valence-corrected chi connectivity index (χ1v) is 7.86. The maximum absolute atomic E-state index is 13.3. The Morgan fingerprint density at radius 3 is 2.30 bits per heavy atom. The van der Waals surface area contributed by atoms with E-state index in [1.54, 1.807) is 12.1 Å². The van der Waals surface area contributed by atoms with Gasteiger partial charge in [0.15, 0.2) is 0 Å². The molecule has 0 aliphatic heterocycles. The Morgan fingerprint density at radius 1 is 1.15 bits per heavy atom. The minimum Gasteiger partial charge on any atom is -0.314 e. The average molecular weight is 277 g/mol. The van der Waals surface area contributed by atoms with Crippen molar-refractivity contribution in [3.05, 3.63) is 34.6 Å². The van der Waals surface area contributed by atoms with Gasteiger partial charge in [0.1, 0.15) is 5.82 Å². The Hall–Kier alpha value is -0.890. The van der Waals surface area contributed by atoms with E-state index in [4.69, 9.17) is 0 Å². The lowest BCUT2D eigenvalue weighted by Crippen LogP contribution is -2.24. The molecule has 1 aliphatic rings. The minimum atomic E-state index is -0.114. The Balaban J connectivity index is 1.86. The predicted octanol–water partition coefficient (Wildman–Crippen LogP) is 4.54. The smallest absolute Gasteiger partial charge is 0.123 e. The topological polar surface area (TPSA) is 12.0 Å². The van der Waals surface area contributed by atoms with Crippen molar-refractivity contribution >= 4 is 0 Å². The van der Waals surface area contributed by atoms with E-state index in [0.717, 1.165) is 36.6 Å². The lowest BCUT2D eigenvalue weighted by molar-refractivity contribution is 0.301. The molecule has 0 atom stereocenters. The van der Waals surface area contributed by atoms with Crippen LogP contribution in [-0.2, 0) is 6.42 Å². The number of aryl methyl sites for hydroxylation is 2. The summed E-state index contributed by atoms with van der Waals surface area (Å²) in [6, 6.07) is 4.11. The zero-order valence-corrected chi connectivity index (χ0v) is 13.4. The monoisotopic (exact) mass is 277 g/mol. The molecule has 1 aromatic carbocycles. The highest BCUT2D eigenvalue weighted by atomic mass is 19.1. The largest absolute Gasteiger partial charge is 0.314 e. The summed E-state index contributed by atoms with van der Waals surface area (Å²) in [6.07, 6.45) is 6.13. The standard InChI is InChI=1S/C18H28FN/c1-13-11-15(19)12-14(2)17(13)7-8-18(3,4)9-10-20-16-5-6-16/h11-12,16,20H,5-10H2,1-4H3. The highest BCUT2D eigenvalue weighted by Crippen LogP contribution is 2.29. The van der Waals surface area contributed by atoms with Crippen molar-refractivity contribution in [3.63, 3.8) is 0 Å². The van der Waals surface area contributed by atoms with Crippen LogP contribution < -0.4 is 5.32 Å². The van der Waals surface area contributed by atoms with Crippen molar-refractivity contribution < 1.29 is 4.39 Å². The molecule has 2 heteroatoms. The van der Waals surface area contributed by atoms with E-state index in [9.17, 15) is 4.39 Å². The lowest BCUT2D eigenvalue weighted by atomic mass is 9.82. The molecule has 1 nitrogen and oxygen atoms in total. The van der Waals surface area contributed by atoms with Gasteiger partial charge < -0.3 is 5.32 Å². The summed E-state index contributed by atoms with van der Waals surface area (Å²) < 4.78 is 13.3. The molecule has 1 fully saturated rings. The van der Waals surface area contributed by atoms with Crippen LogP contribution in [0, 0.1) is 25.1 Å². The molecule has 0 spiro atoms. The van der Waals surface area contributed by atoms with Crippen molar-refractivity contribution in [2.45, 2.75) is 65.8 Å². The molecule has 0 heterocycles. The maximum atomic E-state index is 13.3. The molecule has 1 saturated carbocycles. The Labute approximate surface area is 123 Å². The van der Waals surface area contributed by atoms with Crippen LogP contribution in [0.1, 0.15) is 56.2 Å². The molecule has 0 radical (unpaired) electrons. The third-order valence-electron chi connectivity index (χ3n) is 4.52. The molecule has 112 valence electrons. The predicted molar refractivity (Wildman–Crippen MR) is 83.6 cm³/mol. The first-order chi connectivity index (χ1) is 9.37. The molecule has 1 aliphatic carbocycles. The quantitative estimate of drug-likeness (QED) is 0.771. The van der Waals surface area contributed by atoms with Gasteiger partial charge in [0, 0.05) is 6.04 Å². The summed E-state index contributed by atoms with van der Waals surface area (Å²) >= 11 is 0. The molecule has 1 aromatic rings. The highest BCUT2D eigenvalue weighted by molar-refractivity contribution is 5.34. The first-order valence-electron chi connectivity index (χ1n) is 7.86. The van der Waals surface area contributed by atoms with Gasteiger partial charge in [0.05, 0.1) is 0 Å². The SMILES string of the molecule is Cc1cc(F)cc(C)c1CCC(C)(C)CCNC1CC1. The Kier molecular flexibility index (Phi) is 4.85. The van der Waals surface area contributed by atoms with E-state index in [1.165, 1.54) is 24.8 Å². The Bertz CT molecular complexity index is 437. The fourth-order valence-corrected chi connectivity index (χ4v) is 2.83. The first kappa shape index (κ1) is 15.5. The second kappa shape index (κ2) is 6.26. The van der Waals surface area contributed by atoms with E-state index in [2.05, 4.69) is 19.2 Å². The molecule has 0 aromatic heterocycles. The van der Waals surface area contributed by atoms with Crippen molar-refractivity contribution in [1.82, 2.24) is 5.32 Å². The highest BCUT2D eigenvalue weighted by Gasteiger charge is 2.23. The zero-order chi connectivity index (χ0) is 14.8. The summed E-state index contributed by atoms with van der Waals surface area (Å²) in [5.74, 6) is -0.114. The van der Waals surface area contributed by atoms with Crippen LogP contribution in [0.15, 0.2) is 12.1 Å². The summed E-state index contributed by atoms with van der Waals surface area (Å²) in [7, 11) is 0. The lowest BCUT2D eigenvalue weighted by Gasteiger charge is -2.25. The Morgan fingerprint density at radius 2 is 1.75 bits per heavy atom. The maximum Gasteiger partial charge on any atom is 0.123 e. The average Bonchev–Trinajstić information content (AvgIpc) is 3.11. The van der Waals surface area contributed by atoms with Gasteiger partial charge in [-0.1, -0.05) is 13.8 Å². The third-order valence-corrected chi connectivity index (χ3v) is 4.52. The van der Waals surface area contributed by atoms with E-state index in [0.29, 0.717) is 5.41 Å². The molecule has 0 bridgehead atoms. The van der Waals surface area contributed by atoms with Crippen molar-refractivity contribution in [1.29, 1.82) is 0 Å². The second-order valence-corrected chi connectivity index (χ2v) is 7.16. The number of hydrogen-bond acceptors (Lipinski definition) is 1. The van der Waals surface area contributed by atoms with Crippen LogP contribution in [0.25, 0.3) is 0 Å². The summed E-state index contributed by atoms with van der Waals surface area (Å²) in [6.45, 7) is 9.85. The van der Waals surface area contributed by atoms with Crippen LogP contribution in [0.5, 0.6) is 0 Å². The molecule has 20 heavy (non-hydrogen) atoms. The van der Waals surface area contributed by atoms with Gasteiger partial charge in [0.25, 0.3) is 0 Å². The number of nitrogens with one attached hydrogen (secondary N) is 1. The van der Waals surface area contributed by atoms with Gasteiger partial charge in [-0.25, -0.2) is 4.39 Å². The van der Waals surface area contributed by atoms with Gasteiger partial charge in [-0.2, -0.15) is 0 Å². The van der Waals surface area contributed by atoms with E-state index in [1.807, 2.05) is 13.8 Å². The van der Waals surface area contributed by atoms with E-state index in [-0.39, 0.29) is 5.82 Å². The second-order valence-electron chi connectivity index (χ2n) is 7.16. The fourth-order valence-electron chi connectivity index (χ4n) is 2.83. The molecule has 0 unspecified atom stereocenters. The molecule has 2 rings (SSSR count). The molecule has 0 amide bonds. The van der Waals surface area contributed by atoms with E-state index >= 15 is 0 Å². The van der Waals surface area contributed by atoms with Gasteiger partial charge in [-0.15, -0.1) is 0 Å². The van der Waals surface area contributed by atoms with Gasteiger partial charge >= 0.3 is 0 Å². The molecule has 0 saturated heterocycles. The number of benzene rings is 1. The van der Waals surface area contributed by atoms with Crippen LogP contribution >= 0.6 is 0 Å². The van der Waals surface area contributed by atoms with Crippen LogP contribution in [0.4, 0.5) is 4.39 Å². The van der Waals surface area contributed by atoms with Crippen molar-refractivity contribution in [3.8, 4) is 0 Å². The summed E-state index contributed by atoms with van der Waals surface area (Å²) in [5, 5.41) is 3.59. The van der Waals surface area contributed by atoms with Gasteiger partial charge in [-0.3, -0.25) is 0 Å². The summed E-state index contributed by atoms with van der Waals surface area (Å²) in [5.41, 5.74) is 3.85. The normalized spacial score (nSPS) is 15.7. The molecular weight excluding hydrogens is 249 g/mol. The zero-order valence-electron chi connectivity index (χ0n) is 13.4. The fraction of sp³-hybridized carbons (Fsp3) is 0.667. The summed E-state index contributed by atoms with van der Waals surface area (Å²) in [4.78, 5) is 0. The van der Waals surface area contributed by atoms with Gasteiger partial charge in [-0.05, 0) is 86.7 Å². The van der Waals surface area contributed by atoms with E-state index < -0.39 is 0 Å². The van der Waals surface area contributed by atoms with Gasteiger partial charge in [0.2, 0.25) is 0 Å². The minimum absolute atomic E-state index is 0.114. The van der Waals surface area contributed by atoms with Crippen LogP contribution in [0.2, 0.25) is 0 Å².